The monoisotopic (exact) mass is 415 g/mol. The highest BCUT2D eigenvalue weighted by Crippen LogP contribution is 2.45. The predicted octanol–water partition coefficient (Wildman–Crippen LogP) is 5.49. The number of benzene rings is 3. The molecule has 0 saturated heterocycles. The van der Waals surface area contributed by atoms with Gasteiger partial charge in [-0.2, -0.15) is 5.10 Å². The standard InChI is InChI=1S/C24H18ClN3O2/c1-14-5-7-15(8-6-14)21-20-22(27-26-21)24(30)28(18-11-9-17(25)10-12-18)23(20)16-3-2-4-19(29)13-16/h2-13,23,29H,1H3,(H,26,27)/t23-/m1/s1. The summed E-state index contributed by atoms with van der Waals surface area (Å²) in [5, 5.41) is 18.1. The fourth-order valence-electron chi connectivity index (χ4n) is 3.96. The lowest BCUT2D eigenvalue weighted by Crippen LogP contribution is -2.29. The fourth-order valence-corrected chi connectivity index (χ4v) is 4.08. The number of hydrogen-bond donors (Lipinski definition) is 2. The van der Waals surface area contributed by atoms with Gasteiger partial charge in [-0.3, -0.25) is 14.8 Å². The molecule has 148 valence electrons. The van der Waals surface area contributed by atoms with Crippen molar-refractivity contribution < 1.29 is 9.90 Å². The zero-order chi connectivity index (χ0) is 20.8. The van der Waals surface area contributed by atoms with Crippen LogP contribution in [-0.4, -0.2) is 21.2 Å². The third kappa shape index (κ3) is 2.95. The van der Waals surface area contributed by atoms with Crippen LogP contribution in [0.25, 0.3) is 11.3 Å². The number of aryl methyl sites for hydroxylation is 1. The van der Waals surface area contributed by atoms with E-state index in [1.54, 1.807) is 35.2 Å². The Morgan fingerprint density at radius 1 is 1.03 bits per heavy atom. The highest BCUT2D eigenvalue weighted by atomic mass is 35.5. The largest absolute Gasteiger partial charge is 0.508 e. The first kappa shape index (κ1) is 18.5. The van der Waals surface area contributed by atoms with E-state index in [-0.39, 0.29) is 11.7 Å². The van der Waals surface area contributed by atoms with Gasteiger partial charge in [-0.25, -0.2) is 0 Å². The number of rotatable bonds is 3. The minimum absolute atomic E-state index is 0.143. The van der Waals surface area contributed by atoms with Crippen molar-refractivity contribution in [2.75, 3.05) is 4.90 Å². The minimum atomic E-state index is -0.434. The van der Waals surface area contributed by atoms with Gasteiger partial charge in [0.25, 0.3) is 5.91 Å². The first-order valence-electron chi connectivity index (χ1n) is 9.56. The molecule has 1 atom stereocenters. The van der Waals surface area contributed by atoms with Gasteiger partial charge in [0, 0.05) is 21.8 Å². The number of halogens is 1. The minimum Gasteiger partial charge on any atom is -0.508 e. The van der Waals surface area contributed by atoms with Crippen LogP contribution in [0.2, 0.25) is 5.02 Å². The van der Waals surface area contributed by atoms with Gasteiger partial charge >= 0.3 is 0 Å². The zero-order valence-corrected chi connectivity index (χ0v) is 16.9. The van der Waals surface area contributed by atoms with E-state index in [4.69, 9.17) is 11.6 Å². The number of phenols is 1. The Morgan fingerprint density at radius 2 is 1.77 bits per heavy atom. The van der Waals surface area contributed by atoms with Crippen molar-refractivity contribution in [2.45, 2.75) is 13.0 Å². The second-order valence-electron chi connectivity index (χ2n) is 7.38. The Morgan fingerprint density at radius 3 is 2.47 bits per heavy atom. The summed E-state index contributed by atoms with van der Waals surface area (Å²) >= 11 is 6.06. The number of carbonyl (C=O) groups is 1. The third-order valence-corrected chi connectivity index (χ3v) is 5.64. The van der Waals surface area contributed by atoms with Gasteiger partial charge < -0.3 is 5.11 Å². The lowest BCUT2D eigenvalue weighted by molar-refractivity contribution is 0.0988. The molecule has 1 amide bonds. The smallest absolute Gasteiger partial charge is 0.277 e. The molecule has 0 bridgehead atoms. The molecule has 3 aromatic carbocycles. The number of nitrogens with zero attached hydrogens (tertiary/aromatic N) is 2. The Labute approximate surface area is 178 Å². The maximum Gasteiger partial charge on any atom is 0.277 e. The van der Waals surface area contributed by atoms with Crippen LogP contribution in [0.3, 0.4) is 0 Å². The van der Waals surface area contributed by atoms with E-state index >= 15 is 0 Å². The molecule has 2 N–H and O–H groups in total. The highest BCUT2D eigenvalue weighted by molar-refractivity contribution is 6.30. The highest BCUT2D eigenvalue weighted by Gasteiger charge is 2.43. The van der Waals surface area contributed by atoms with Crippen molar-refractivity contribution in [2.24, 2.45) is 0 Å². The molecular weight excluding hydrogens is 398 g/mol. The van der Waals surface area contributed by atoms with Crippen molar-refractivity contribution in [3.8, 4) is 17.0 Å². The molecule has 30 heavy (non-hydrogen) atoms. The molecule has 0 spiro atoms. The Kier molecular flexibility index (Phi) is 4.33. The van der Waals surface area contributed by atoms with E-state index in [1.165, 1.54) is 0 Å². The Bertz CT molecular complexity index is 1250. The van der Waals surface area contributed by atoms with E-state index in [1.807, 2.05) is 49.4 Å². The van der Waals surface area contributed by atoms with Crippen LogP contribution in [0.4, 0.5) is 5.69 Å². The molecule has 0 aliphatic carbocycles. The molecule has 1 aromatic heterocycles. The van der Waals surface area contributed by atoms with Crippen molar-refractivity contribution in [1.82, 2.24) is 10.2 Å². The summed E-state index contributed by atoms with van der Waals surface area (Å²) in [6.45, 7) is 2.03. The first-order chi connectivity index (χ1) is 14.5. The van der Waals surface area contributed by atoms with Crippen LogP contribution >= 0.6 is 11.6 Å². The van der Waals surface area contributed by atoms with Crippen molar-refractivity contribution in [1.29, 1.82) is 0 Å². The number of amides is 1. The van der Waals surface area contributed by atoms with Crippen LogP contribution in [-0.2, 0) is 0 Å². The van der Waals surface area contributed by atoms with Gasteiger partial charge in [-0.15, -0.1) is 0 Å². The summed E-state index contributed by atoms with van der Waals surface area (Å²) in [5.41, 5.74) is 5.56. The van der Waals surface area contributed by atoms with Crippen LogP contribution in [0.5, 0.6) is 5.75 Å². The van der Waals surface area contributed by atoms with Crippen LogP contribution in [0.15, 0.2) is 72.8 Å². The average molecular weight is 416 g/mol. The number of aromatic hydroxyl groups is 1. The second kappa shape index (κ2) is 7.04. The maximum atomic E-state index is 13.4. The zero-order valence-electron chi connectivity index (χ0n) is 16.1. The lowest BCUT2D eigenvalue weighted by atomic mass is 9.95. The molecule has 5 rings (SSSR count). The van der Waals surface area contributed by atoms with E-state index in [0.29, 0.717) is 10.7 Å². The van der Waals surface area contributed by atoms with Crippen molar-refractivity contribution in [3.63, 3.8) is 0 Å². The van der Waals surface area contributed by atoms with Gasteiger partial charge in [0.15, 0.2) is 0 Å². The van der Waals surface area contributed by atoms with E-state index in [2.05, 4.69) is 10.2 Å². The summed E-state index contributed by atoms with van der Waals surface area (Å²) in [5.74, 6) is -0.0311. The number of anilines is 1. The van der Waals surface area contributed by atoms with E-state index < -0.39 is 6.04 Å². The number of carbonyl (C=O) groups excluding carboxylic acids is 1. The molecule has 0 radical (unpaired) electrons. The van der Waals surface area contributed by atoms with E-state index in [0.717, 1.165) is 33.6 Å². The van der Waals surface area contributed by atoms with Crippen LogP contribution < -0.4 is 4.90 Å². The predicted molar refractivity (Wildman–Crippen MR) is 117 cm³/mol. The van der Waals surface area contributed by atoms with Gasteiger partial charge in [0.05, 0.1) is 11.7 Å². The summed E-state index contributed by atoms with van der Waals surface area (Å²) in [6.07, 6.45) is 0. The number of nitrogens with one attached hydrogen (secondary N) is 1. The molecule has 2 heterocycles. The molecule has 0 fully saturated rings. The Balaban J connectivity index is 1.72. The second-order valence-corrected chi connectivity index (χ2v) is 7.81. The molecule has 4 aromatic rings. The SMILES string of the molecule is Cc1ccc(-c2n[nH]c3c2[C@@H](c2cccc(O)c2)N(c2ccc(Cl)cc2)C3=O)cc1. The lowest BCUT2D eigenvalue weighted by Gasteiger charge is -2.26. The summed E-state index contributed by atoms with van der Waals surface area (Å²) < 4.78 is 0. The number of phenolic OH excluding ortho intramolecular Hbond substituents is 1. The van der Waals surface area contributed by atoms with Gasteiger partial charge in [-0.1, -0.05) is 53.6 Å². The van der Waals surface area contributed by atoms with Crippen LogP contribution in [0.1, 0.15) is 33.2 Å². The average Bonchev–Trinajstić information content (AvgIpc) is 3.28. The van der Waals surface area contributed by atoms with Crippen molar-refractivity contribution in [3.05, 3.63) is 100 Å². The van der Waals surface area contributed by atoms with Crippen LogP contribution in [0, 0.1) is 6.92 Å². The molecule has 1 aliphatic rings. The normalized spacial score (nSPS) is 15.5. The summed E-state index contributed by atoms with van der Waals surface area (Å²) in [7, 11) is 0. The van der Waals surface area contributed by atoms with Gasteiger partial charge in [0.2, 0.25) is 0 Å². The van der Waals surface area contributed by atoms with Gasteiger partial charge in [-0.05, 0) is 48.9 Å². The third-order valence-electron chi connectivity index (χ3n) is 5.38. The first-order valence-corrected chi connectivity index (χ1v) is 9.94. The molecule has 0 unspecified atom stereocenters. The fraction of sp³-hybridized carbons (Fsp3) is 0.0833. The van der Waals surface area contributed by atoms with Crippen molar-refractivity contribution >= 4 is 23.2 Å². The molecule has 5 nitrogen and oxygen atoms in total. The van der Waals surface area contributed by atoms with E-state index in [9.17, 15) is 9.90 Å². The maximum absolute atomic E-state index is 13.4. The number of H-pyrrole nitrogens is 1. The number of fused-ring (bicyclic) bond motifs is 1. The summed E-state index contributed by atoms with van der Waals surface area (Å²) in [6, 6.07) is 21.7. The molecule has 0 saturated carbocycles. The topological polar surface area (TPSA) is 69.2 Å². The summed E-state index contributed by atoms with van der Waals surface area (Å²) in [4.78, 5) is 15.1. The molecule has 6 heteroatoms. The quantitative estimate of drug-likeness (QED) is 0.464. The molecule has 1 aliphatic heterocycles. The van der Waals surface area contributed by atoms with Gasteiger partial charge in [0.1, 0.15) is 11.4 Å². The molecular formula is C24H18ClN3O2. The number of hydrogen-bond acceptors (Lipinski definition) is 3. The Hall–Kier alpha value is -3.57. The number of aromatic nitrogens is 2. The number of aromatic amines is 1.